The van der Waals surface area contributed by atoms with Crippen molar-refractivity contribution in [2.24, 2.45) is 17.6 Å². The van der Waals surface area contributed by atoms with Crippen molar-refractivity contribution in [3.8, 4) is 0 Å². The van der Waals surface area contributed by atoms with Crippen LogP contribution in [0.5, 0.6) is 0 Å². The third-order valence-corrected chi connectivity index (χ3v) is 3.45. The van der Waals surface area contributed by atoms with Crippen LogP contribution in [0.25, 0.3) is 0 Å². The molecule has 3 nitrogen and oxygen atoms in total. The Labute approximate surface area is 86.4 Å². The third kappa shape index (κ3) is 2.71. The molecule has 3 heteroatoms. The van der Waals surface area contributed by atoms with Gasteiger partial charge in [-0.1, -0.05) is 26.7 Å². The zero-order valence-electron chi connectivity index (χ0n) is 9.42. The second-order valence-electron chi connectivity index (χ2n) is 4.67. The third-order valence-electron chi connectivity index (χ3n) is 3.45. The van der Waals surface area contributed by atoms with E-state index in [2.05, 4.69) is 19.2 Å². The Bertz CT molecular complexity index is 203. The van der Waals surface area contributed by atoms with Gasteiger partial charge in [-0.25, -0.2) is 0 Å². The van der Waals surface area contributed by atoms with Crippen molar-refractivity contribution >= 4 is 5.91 Å². The van der Waals surface area contributed by atoms with E-state index in [1.807, 2.05) is 0 Å². The highest BCUT2D eigenvalue weighted by Crippen LogP contribution is 2.29. The summed E-state index contributed by atoms with van der Waals surface area (Å²) in [7, 11) is 0. The summed E-state index contributed by atoms with van der Waals surface area (Å²) in [5, 5.41) is 3.03. The zero-order chi connectivity index (χ0) is 10.7. The molecule has 1 rings (SSSR count). The zero-order valence-corrected chi connectivity index (χ0v) is 9.42. The van der Waals surface area contributed by atoms with Gasteiger partial charge in [-0.05, 0) is 25.2 Å². The van der Waals surface area contributed by atoms with Gasteiger partial charge >= 0.3 is 0 Å². The van der Waals surface area contributed by atoms with E-state index in [9.17, 15) is 4.79 Å². The molecule has 14 heavy (non-hydrogen) atoms. The largest absolute Gasteiger partial charge is 0.352 e. The lowest BCUT2D eigenvalue weighted by Gasteiger charge is -2.34. The average Bonchev–Trinajstić information content (AvgIpc) is 2.12. The van der Waals surface area contributed by atoms with Crippen LogP contribution in [0, 0.1) is 11.8 Å². The molecule has 0 saturated heterocycles. The number of amides is 1. The Hall–Kier alpha value is -0.570. The highest BCUT2D eigenvalue weighted by atomic mass is 16.2. The monoisotopic (exact) mass is 198 g/mol. The topological polar surface area (TPSA) is 55.1 Å². The number of nitrogens with two attached hydrogens (primary N) is 1. The summed E-state index contributed by atoms with van der Waals surface area (Å²) in [6.07, 6.45) is 3.60. The van der Waals surface area contributed by atoms with Crippen molar-refractivity contribution in [1.82, 2.24) is 5.32 Å². The molecule has 0 bridgehead atoms. The Kier molecular flexibility index (Phi) is 3.93. The second-order valence-corrected chi connectivity index (χ2v) is 4.67. The molecule has 0 aromatic carbocycles. The first kappa shape index (κ1) is 11.5. The van der Waals surface area contributed by atoms with E-state index in [1.54, 1.807) is 6.92 Å². The summed E-state index contributed by atoms with van der Waals surface area (Å²) in [5.41, 5.74) is 5.52. The minimum absolute atomic E-state index is 0.0176. The Balaban J connectivity index is 2.47. The first-order valence-corrected chi connectivity index (χ1v) is 5.58. The van der Waals surface area contributed by atoms with E-state index in [4.69, 9.17) is 5.73 Å². The van der Waals surface area contributed by atoms with Crippen LogP contribution in [0.4, 0.5) is 0 Å². The molecule has 0 aliphatic heterocycles. The summed E-state index contributed by atoms with van der Waals surface area (Å²) in [6.45, 7) is 6.21. The van der Waals surface area contributed by atoms with Crippen LogP contribution in [0.1, 0.15) is 40.0 Å². The van der Waals surface area contributed by atoms with E-state index in [0.717, 1.165) is 6.42 Å². The van der Waals surface area contributed by atoms with Gasteiger partial charge in [0, 0.05) is 6.04 Å². The van der Waals surface area contributed by atoms with Crippen molar-refractivity contribution < 1.29 is 4.79 Å². The van der Waals surface area contributed by atoms with Crippen LogP contribution in [-0.2, 0) is 4.79 Å². The SMILES string of the molecule is CC1CCCC(NC(=O)[C@@H](C)N)C1C. The van der Waals surface area contributed by atoms with Crippen LogP contribution in [0.2, 0.25) is 0 Å². The number of rotatable bonds is 2. The fourth-order valence-corrected chi connectivity index (χ4v) is 2.10. The Morgan fingerprint density at radius 2 is 2.07 bits per heavy atom. The van der Waals surface area contributed by atoms with Gasteiger partial charge in [-0.2, -0.15) is 0 Å². The number of carbonyl (C=O) groups excluding carboxylic acids is 1. The van der Waals surface area contributed by atoms with Crippen LogP contribution >= 0.6 is 0 Å². The molecule has 82 valence electrons. The lowest BCUT2D eigenvalue weighted by atomic mass is 9.78. The molecule has 3 N–H and O–H groups in total. The fraction of sp³-hybridized carbons (Fsp3) is 0.909. The molecule has 0 aromatic rings. The van der Waals surface area contributed by atoms with Gasteiger partial charge < -0.3 is 11.1 Å². The Morgan fingerprint density at radius 3 is 2.64 bits per heavy atom. The van der Waals surface area contributed by atoms with Gasteiger partial charge in [0.05, 0.1) is 6.04 Å². The second kappa shape index (κ2) is 4.78. The molecule has 1 saturated carbocycles. The first-order chi connectivity index (χ1) is 6.52. The summed E-state index contributed by atoms with van der Waals surface area (Å²) in [4.78, 5) is 11.4. The minimum Gasteiger partial charge on any atom is -0.352 e. The van der Waals surface area contributed by atoms with Gasteiger partial charge in [0.25, 0.3) is 0 Å². The molecule has 0 aromatic heterocycles. The molecule has 4 atom stereocenters. The van der Waals surface area contributed by atoms with Gasteiger partial charge in [0.15, 0.2) is 0 Å². The number of hydrogen-bond donors (Lipinski definition) is 2. The van der Waals surface area contributed by atoms with Crippen LogP contribution < -0.4 is 11.1 Å². The molecule has 0 spiro atoms. The average molecular weight is 198 g/mol. The molecule has 0 radical (unpaired) electrons. The maximum Gasteiger partial charge on any atom is 0.236 e. The summed E-state index contributed by atoms with van der Waals surface area (Å²) < 4.78 is 0. The quantitative estimate of drug-likeness (QED) is 0.702. The fourth-order valence-electron chi connectivity index (χ4n) is 2.10. The van der Waals surface area contributed by atoms with E-state index in [0.29, 0.717) is 17.9 Å². The highest BCUT2D eigenvalue weighted by Gasteiger charge is 2.28. The van der Waals surface area contributed by atoms with Crippen LogP contribution in [0.3, 0.4) is 0 Å². The van der Waals surface area contributed by atoms with Crippen molar-refractivity contribution in [2.75, 3.05) is 0 Å². The maximum atomic E-state index is 11.4. The Morgan fingerprint density at radius 1 is 1.43 bits per heavy atom. The summed E-state index contributed by atoms with van der Waals surface area (Å²) >= 11 is 0. The van der Waals surface area contributed by atoms with E-state index >= 15 is 0 Å². The molecular weight excluding hydrogens is 176 g/mol. The van der Waals surface area contributed by atoms with Crippen LogP contribution in [-0.4, -0.2) is 18.0 Å². The van der Waals surface area contributed by atoms with Gasteiger partial charge in [-0.15, -0.1) is 0 Å². The molecule has 3 unspecified atom stereocenters. The number of nitrogens with one attached hydrogen (secondary N) is 1. The van der Waals surface area contributed by atoms with Crippen LogP contribution in [0.15, 0.2) is 0 Å². The van der Waals surface area contributed by atoms with E-state index < -0.39 is 0 Å². The highest BCUT2D eigenvalue weighted by molar-refractivity contribution is 5.81. The standard InChI is InChI=1S/C11H22N2O/c1-7-5-4-6-10(8(7)2)13-11(14)9(3)12/h7-10H,4-6,12H2,1-3H3,(H,13,14)/t7?,8?,9-,10?/m1/s1. The smallest absolute Gasteiger partial charge is 0.236 e. The lowest BCUT2D eigenvalue weighted by molar-refractivity contribution is -0.123. The normalized spacial score (nSPS) is 35.0. The number of hydrogen-bond acceptors (Lipinski definition) is 2. The predicted molar refractivity (Wildman–Crippen MR) is 57.8 cm³/mol. The predicted octanol–water partition coefficient (Wildman–Crippen LogP) is 1.27. The maximum absolute atomic E-state index is 11.4. The van der Waals surface area contributed by atoms with Crippen molar-refractivity contribution in [3.63, 3.8) is 0 Å². The van der Waals surface area contributed by atoms with E-state index in [1.165, 1.54) is 12.8 Å². The van der Waals surface area contributed by atoms with Gasteiger partial charge in [0.2, 0.25) is 5.91 Å². The summed E-state index contributed by atoms with van der Waals surface area (Å²) in [6, 6.07) is -0.0586. The molecule has 1 amide bonds. The molecular formula is C11H22N2O. The van der Waals surface area contributed by atoms with Gasteiger partial charge in [-0.3, -0.25) is 4.79 Å². The number of carbonyl (C=O) groups is 1. The van der Waals surface area contributed by atoms with Crippen molar-refractivity contribution in [2.45, 2.75) is 52.1 Å². The molecule has 1 aliphatic carbocycles. The van der Waals surface area contributed by atoms with Gasteiger partial charge in [0.1, 0.15) is 0 Å². The van der Waals surface area contributed by atoms with Crippen molar-refractivity contribution in [1.29, 1.82) is 0 Å². The molecule has 0 heterocycles. The van der Waals surface area contributed by atoms with Crippen molar-refractivity contribution in [3.05, 3.63) is 0 Å². The first-order valence-electron chi connectivity index (χ1n) is 5.58. The lowest BCUT2D eigenvalue weighted by Crippen LogP contribution is -2.48. The minimum atomic E-state index is -0.389. The summed E-state index contributed by atoms with van der Waals surface area (Å²) in [5.74, 6) is 1.27. The molecule has 1 fully saturated rings. The van der Waals surface area contributed by atoms with E-state index in [-0.39, 0.29) is 11.9 Å². The molecule has 1 aliphatic rings.